The smallest absolute Gasteiger partial charge is 0.278 e. The maximum Gasteiger partial charge on any atom is 0.278 e. The van der Waals surface area contributed by atoms with Crippen LogP contribution in [0.1, 0.15) is 24.8 Å². The SMILES string of the molecule is O=C1CCC(N2C(=O)C=C(Nc3cccc(CCC(=O)Nc4ccccc4)c3)C2=O)C(=O)N1. The van der Waals surface area contributed by atoms with Crippen molar-refractivity contribution in [3.63, 3.8) is 0 Å². The Morgan fingerprint density at radius 3 is 2.52 bits per heavy atom. The number of carbonyl (C=O) groups is 5. The third kappa shape index (κ3) is 5.15. The summed E-state index contributed by atoms with van der Waals surface area (Å²) in [6.45, 7) is 0. The van der Waals surface area contributed by atoms with E-state index in [0.29, 0.717) is 12.1 Å². The molecule has 2 heterocycles. The summed E-state index contributed by atoms with van der Waals surface area (Å²) in [4.78, 5) is 61.7. The molecule has 1 atom stereocenters. The predicted octanol–water partition coefficient (Wildman–Crippen LogP) is 1.73. The van der Waals surface area contributed by atoms with Gasteiger partial charge in [-0.15, -0.1) is 0 Å². The molecule has 3 N–H and O–H groups in total. The molecular weight excluding hydrogens is 424 g/mol. The van der Waals surface area contributed by atoms with Gasteiger partial charge in [-0.05, 0) is 42.7 Å². The Hall–Kier alpha value is -4.27. The first-order chi connectivity index (χ1) is 15.9. The molecule has 0 aromatic heterocycles. The second kappa shape index (κ2) is 9.47. The molecule has 0 radical (unpaired) electrons. The maximum atomic E-state index is 12.8. The first kappa shape index (κ1) is 21.9. The number of nitrogens with one attached hydrogen (secondary N) is 3. The van der Waals surface area contributed by atoms with Gasteiger partial charge in [0.05, 0.1) is 0 Å². The van der Waals surface area contributed by atoms with E-state index in [9.17, 15) is 24.0 Å². The molecule has 0 aliphatic carbocycles. The molecule has 0 spiro atoms. The Bertz CT molecular complexity index is 1160. The van der Waals surface area contributed by atoms with Crippen molar-refractivity contribution in [3.8, 4) is 0 Å². The van der Waals surface area contributed by atoms with Gasteiger partial charge in [0.1, 0.15) is 11.7 Å². The minimum absolute atomic E-state index is 0.0451. The lowest BCUT2D eigenvalue weighted by atomic mass is 10.0. The standard InChI is InChI=1S/C24H22N4O5/c29-20(26-16-6-2-1-3-7-16)11-9-15-5-4-8-17(13-15)25-18-14-22(31)28(24(18)33)19-10-12-21(30)27-23(19)32/h1-8,13-14,19,25H,9-12H2,(H,26,29)(H,27,30,32). The topological polar surface area (TPSA) is 125 Å². The first-order valence-corrected chi connectivity index (χ1v) is 10.5. The number of hydrogen-bond acceptors (Lipinski definition) is 6. The fourth-order valence-corrected chi connectivity index (χ4v) is 3.76. The van der Waals surface area contributed by atoms with Gasteiger partial charge in [0, 0.05) is 30.3 Å². The summed E-state index contributed by atoms with van der Waals surface area (Å²) in [5.74, 6) is -2.42. The van der Waals surface area contributed by atoms with E-state index < -0.39 is 29.7 Å². The monoisotopic (exact) mass is 446 g/mol. The second-order valence-electron chi connectivity index (χ2n) is 7.78. The van der Waals surface area contributed by atoms with Gasteiger partial charge < -0.3 is 10.6 Å². The molecule has 2 aliphatic rings. The van der Waals surface area contributed by atoms with Crippen molar-refractivity contribution in [2.24, 2.45) is 0 Å². The van der Waals surface area contributed by atoms with E-state index in [1.807, 2.05) is 36.4 Å². The molecule has 0 saturated carbocycles. The van der Waals surface area contributed by atoms with E-state index in [-0.39, 0.29) is 30.9 Å². The highest BCUT2D eigenvalue weighted by Gasteiger charge is 2.42. The molecule has 1 fully saturated rings. The third-order valence-electron chi connectivity index (χ3n) is 5.38. The van der Waals surface area contributed by atoms with Crippen molar-refractivity contribution >= 4 is 40.9 Å². The predicted molar refractivity (Wildman–Crippen MR) is 120 cm³/mol. The van der Waals surface area contributed by atoms with Crippen molar-refractivity contribution in [1.82, 2.24) is 10.2 Å². The number of piperidine rings is 1. The van der Waals surface area contributed by atoms with Crippen LogP contribution in [0, 0.1) is 0 Å². The molecule has 33 heavy (non-hydrogen) atoms. The Balaban J connectivity index is 1.36. The van der Waals surface area contributed by atoms with Crippen LogP contribution in [0.4, 0.5) is 11.4 Å². The molecule has 168 valence electrons. The van der Waals surface area contributed by atoms with Crippen LogP contribution in [0.25, 0.3) is 0 Å². The molecule has 9 nitrogen and oxygen atoms in total. The Labute approximate surface area is 189 Å². The maximum absolute atomic E-state index is 12.8. The van der Waals surface area contributed by atoms with Gasteiger partial charge in [-0.1, -0.05) is 30.3 Å². The second-order valence-corrected chi connectivity index (χ2v) is 7.78. The molecule has 2 aromatic rings. The van der Waals surface area contributed by atoms with Crippen LogP contribution < -0.4 is 16.0 Å². The Kier molecular flexibility index (Phi) is 6.30. The van der Waals surface area contributed by atoms with Crippen molar-refractivity contribution in [2.75, 3.05) is 10.6 Å². The van der Waals surface area contributed by atoms with E-state index in [4.69, 9.17) is 0 Å². The lowest BCUT2D eigenvalue weighted by molar-refractivity contribution is -0.149. The number of hydrogen-bond donors (Lipinski definition) is 3. The van der Waals surface area contributed by atoms with Crippen molar-refractivity contribution in [2.45, 2.75) is 31.7 Å². The number of rotatable bonds is 7. The van der Waals surface area contributed by atoms with Crippen LogP contribution in [-0.4, -0.2) is 40.5 Å². The van der Waals surface area contributed by atoms with Gasteiger partial charge in [-0.2, -0.15) is 0 Å². The van der Waals surface area contributed by atoms with Crippen LogP contribution in [0.5, 0.6) is 0 Å². The highest BCUT2D eigenvalue weighted by molar-refractivity contribution is 6.20. The number of anilines is 2. The summed E-state index contributed by atoms with van der Waals surface area (Å²) in [6, 6.07) is 15.4. The Morgan fingerprint density at radius 1 is 1.00 bits per heavy atom. The zero-order valence-electron chi connectivity index (χ0n) is 17.7. The van der Waals surface area contributed by atoms with Crippen LogP contribution in [0.15, 0.2) is 66.4 Å². The lowest BCUT2D eigenvalue weighted by Crippen LogP contribution is -2.54. The number of aryl methyl sites for hydroxylation is 1. The van der Waals surface area contributed by atoms with Crippen LogP contribution >= 0.6 is 0 Å². The van der Waals surface area contributed by atoms with Crippen LogP contribution in [-0.2, 0) is 30.4 Å². The molecule has 1 saturated heterocycles. The summed E-state index contributed by atoms with van der Waals surface area (Å²) in [5.41, 5.74) is 2.23. The molecule has 0 bridgehead atoms. The van der Waals surface area contributed by atoms with Gasteiger partial charge in [-0.25, -0.2) is 0 Å². The molecule has 2 aliphatic heterocycles. The van der Waals surface area contributed by atoms with Gasteiger partial charge in [0.25, 0.3) is 11.8 Å². The highest BCUT2D eigenvalue weighted by Crippen LogP contribution is 2.23. The fourth-order valence-electron chi connectivity index (χ4n) is 3.76. The van der Waals surface area contributed by atoms with Crippen LogP contribution in [0.3, 0.4) is 0 Å². The summed E-state index contributed by atoms with van der Waals surface area (Å²) >= 11 is 0. The largest absolute Gasteiger partial charge is 0.351 e. The average Bonchev–Trinajstić information content (AvgIpc) is 3.06. The summed E-state index contributed by atoms with van der Waals surface area (Å²) in [7, 11) is 0. The highest BCUT2D eigenvalue weighted by atomic mass is 16.2. The van der Waals surface area contributed by atoms with E-state index >= 15 is 0 Å². The van der Waals surface area contributed by atoms with E-state index in [0.717, 1.165) is 22.2 Å². The minimum Gasteiger partial charge on any atom is -0.351 e. The third-order valence-corrected chi connectivity index (χ3v) is 5.38. The molecule has 9 heteroatoms. The van der Waals surface area contributed by atoms with Crippen molar-refractivity contribution in [3.05, 3.63) is 71.9 Å². The minimum atomic E-state index is -1.01. The number of nitrogens with zero attached hydrogens (tertiary/aromatic N) is 1. The zero-order valence-corrected chi connectivity index (χ0v) is 17.7. The molecule has 5 amide bonds. The zero-order chi connectivity index (χ0) is 23.4. The molecule has 2 aromatic carbocycles. The van der Waals surface area contributed by atoms with Crippen molar-refractivity contribution < 1.29 is 24.0 Å². The van der Waals surface area contributed by atoms with E-state index in [1.54, 1.807) is 18.2 Å². The molecule has 1 unspecified atom stereocenters. The lowest BCUT2D eigenvalue weighted by Gasteiger charge is -2.28. The normalized spacial score (nSPS) is 18.1. The average molecular weight is 446 g/mol. The van der Waals surface area contributed by atoms with Gasteiger partial charge in [0.2, 0.25) is 17.7 Å². The molecule has 4 rings (SSSR count). The summed E-state index contributed by atoms with van der Waals surface area (Å²) in [6.07, 6.45) is 2.08. The van der Waals surface area contributed by atoms with E-state index in [1.165, 1.54) is 0 Å². The quantitative estimate of drug-likeness (QED) is 0.557. The molecular formula is C24H22N4O5. The number of amides is 5. The number of carbonyl (C=O) groups excluding carboxylic acids is 5. The Morgan fingerprint density at radius 2 is 1.76 bits per heavy atom. The number of imide groups is 2. The fraction of sp³-hybridized carbons (Fsp3) is 0.208. The number of benzene rings is 2. The van der Waals surface area contributed by atoms with Gasteiger partial charge in [0.15, 0.2) is 0 Å². The van der Waals surface area contributed by atoms with Gasteiger partial charge in [-0.3, -0.25) is 34.2 Å². The van der Waals surface area contributed by atoms with Crippen molar-refractivity contribution in [1.29, 1.82) is 0 Å². The summed E-state index contributed by atoms with van der Waals surface area (Å²) in [5, 5.41) is 7.92. The summed E-state index contributed by atoms with van der Waals surface area (Å²) < 4.78 is 0. The van der Waals surface area contributed by atoms with Gasteiger partial charge >= 0.3 is 0 Å². The first-order valence-electron chi connectivity index (χ1n) is 10.5. The van der Waals surface area contributed by atoms with Crippen LogP contribution in [0.2, 0.25) is 0 Å². The number of para-hydroxylation sites is 1. The van der Waals surface area contributed by atoms with E-state index in [2.05, 4.69) is 16.0 Å².